The van der Waals surface area contributed by atoms with Gasteiger partial charge in [-0.25, -0.2) is 0 Å². The van der Waals surface area contributed by atoms with Gasteiger partial charge in [-0.3, -0.25) is 0 Å². The molecule has 1 aromatic carbocycles. The maximum Gasteiger partial charge on any atom is 0.0814 e. The van der Waals surface area contributed by atoms with Crippen LogP contribution in [0.25, 0.3) is 0 Å². The Morgan fingerprint density at radius 2 is 2.00 bits per heavy atom. The van der Waals surface area contributed by atoms with Gasteiger partial charge in [-0.15, -0.1) is 0 Å². The van der Waals surface area contributed by atoms with Gasteiger partial charge in [0.2, 0.25) is 0 Å². The minimum absolute atomic E-state index is 0.405. The van der Waals surface area contributed by atoms with Crippen molar-refractivity contribution in [3.63, 3.8) is 0 Å². The van der Waals surface area contributed by atoms with Crippen LogP contribution in [-0.4, -0.2) is 18.3 Å². The van der Waals surface area contributed by atoms with Crippen molar-refractivity contribution in [3.05, 3.63) is 34.9 Å². The first kappa shape index (κ1) is 13.2. The second-order valence-corrected chi connectivity index (χ2v) is 4.28. The first-order valence-corrected chi connectivity index (χ1v) is 5.98. The summed E-state index contributed by atoms with van der Waals surface area (Å²) in [5, 5.41) is 10.0. The van der Waals surface area contributed by atoms with Crippen LogP contribution in [0.1, 0.15) is 42.6 Å². The van der Waals surface area contributed by atoms with Gasteiger partial charge in [0.1, 0.15) is 0 Å². The van der Waals surface area contributed by atoms with Crippen molar-refractivity contribution in [1.29, 1.82) is 0 Å². The predicted octanol–water partition coefficient (Wildman–Crippen LogP) is 3.15. The molecule has 90 valence electrons. The van der Waals surface area contributed by atoms with Crippen molar-refractivity contribution in [2.45, 2.75) is 39.7 Å². The molecular formula is C14H22O2. The molecule has 0 radical (unpaired) electrons. The molecule has 0 aliphatic rings. The number of aliphatic hydroxyl groups excluding tert-OH is 1. The van der Waals surface area contributed by atoms with Crippen LogP contribution < -0.4 is 0 Å². The van der Waals surface area contributed by atoms with E-state index < -0.39 is 6.10 Å². The van der Waals surface area contributed by atoms with Crippen LogP contribution in [0.15, 0.2) is 18.2 Å². The molecule has 0 amide bonds. The molecule has 1 aromatic rings. The summed E-state index contributed by atoms with van der Waals surface area (Å²) in [5.41, 5.74) is 3.41. The summed E-state index contributed by atoms with van der Waals surface area (Å²) in [6, 6.07) is 6.15. The number of hydrogen-bond acceptors (Lipinski definition) is 2. The van der Waals surface area contributed by atoms with E-state index in [2.05, 4.69) is 19.9 Å². The van der Waals surface area contributed by atoms with E-state index in [1.54, 1.807) is 0 Å². The van der Waals surface area contributed by atoms with Crippen molar-refractivity contribution in [2.24, 2.45) is 0 Å². The zero-order valence-electron chi connectivity index (χ0n) is 10.5. The average molecular weight is 222 g/mol. The molecule has 1 unspecified atom stereocenters. The monoisotopic (exact) mass is 222 g/mol. The lowest BCUT2D eigenvalue weighted by atomic mass is 9.99. The Balaban J connectivity index is 2.49. The van der Waals surface area contributed by atoms with E-state index >= 15 is 0 Å². The normalized spacial score (nSPS) is 12.8. The first-order chi connectivity index (χ1) is 7.65. The molecule has 0 aromatic heterocycles. The lowest BCUT2D eigenvalue weighted by molar-refractivity contribution is 0.0819. The molecule has 16 heavy (non-hydrogen) atoms. The minimum atomic E-state index is -0.405. The Bertz CT molecular complexity index is 321. The standard InChI is InChI=1S/C14H22O2/c1-4-8-16-9-7-14(15)13-6-5-11(2)10-12(13)3/h5-6,10,14-15H,4,7-9H2,1-3H3. The van der Waals surface area contributed by atoms with Crippen LogP contribution in [0.3, 0.4) is 0 Å². The summed E-state index contributed by atoms with van der Waals surface area (Å²) in [6.45, 7) is 7.59. The highest BCUT2D eigenvalue weighted by molar-refractivity contribution is 5.31. The van der Waals surface area contributed by atoms with E-state index in [1.807, 2.05) is 19.1 Å². The van der Waals surface area contributed by atoms with Crippen molar-refractivity contribution < 1.29 is 9.84 Å². The highest BCUT2D eigenvalue weighted by Gasteiger charge is 2.09. The van der Waals surface area contributed by atoms with Crippen LogP contribution >= 0.6 is 0 Å². The van der Waals surface area contributed by atoms with Crippen LogP contribution in [0, 0.1) is 13.8 Å². The molecule has 0 aliphatic carbocycles. The number of benzene rings is 1. The van der Waals surface area contributed by atoms with E-state index in [0.29, 0.717) is 13.0 Å². The van der Waals surface area contributed by atoms with Crippen LogP contribution in [0.4, 0.5) is 0 Å². The van der Waals surface area contributed by atoms with E-state index in [-0.39, 0.29) is 0 Å². The molecule has 2 heteroatoms. The van der Waals surface area contributed by atoms with Crippen molar-refractivity contribution in [2.75, 3.05) is 13.2 Å². The summed E-state index contributed by atoms with van der Waals surface area (Å²) < 4.78 is 5.38. The topological polar surface area (TPSA) is 29.5 Å². The van der Waals surface area contributed by atoms with Gasteiger partial charge in [0, 0.05) is 19.6 Å². The number of hydrogen-bond donors (Lipinski definition) is 1. The van der Waals surface area contributed by atoms with E-state index in [1.165, 1.54) is 5.56 Å². The number of ether oxygens (including phenoxy) is 1. The molecular weight excluding hydrogens is 200 g/mol. The molecule has 0 saturated carbocycles. The van der Waals surface area contributed by atoms with Gasteiger partial charge >= 0.3 is 0 Å². The SMILES string of the molecule is CCCOCCC(O)c1ccc(C)cc1C. The molecule has 0 bridgehead atoms. The van der Waals surface area contributed by atoms with E-state index in [0.717, 1.165) is 24.2 Å². The highest BCUT2D eigenvalue weighted by atomic mass is 16.5. The second kappa shape index (κ2) is 6.66. The van der Waals surface area contributed by atoms with Gasteiger partial charge < -0.3 is 9.84 Å². The van der Waals surface area contributed by atoms with Gasteiger partial charge in [-0.05, 0) is 31.4 Å². The number of aryl methyl sites for hydroxylation is 2. The van der Waals surface area contributed by atoms with Gasteiger partial charge in [0.05, 0.1) is 6.10 Å². The maximum atomic E-state index is 10.0. The number of aliphatic hydroxyl groups is 1. The fraction of sp³-hybridized carbons (Fsp3) is 0.571. The lowest BCUT2D eigenvalue weighted by Gasteiger charge is -2.14. The number of rotatable bonds is 6. The smallest absolute Gasteiger partial charge is 0.0814 e. The maximum absolute atomic E-state index is 10.0. The summed E-state index contributed by atoms with van der Waals surface area (Å²) >= 11 is 0. The molecule has 0 spiro atoms. The Hall–Kier alpha value is -0.860. The summed E-state index contributed by atoms with van der Waals surface area (Å²) in [5.74, 6) is 0. The summed E-state index contributed by atoms with van der Waals surface area (Å²) in [7, 11) is 0. The fourth-order valence-electron chi connectivity index (χ4n) is 1.80. The Morgan fingerprint density at radius 3 is 2.62 bits per heavy atom. The zero-order chi connectivity index (χ0) is 12.0. The first-order valence-electron chi connectivity index (χ1n) is 5.98. The third kappa shape index (κ3) is 3.95. The quantitative estimate of drug-likeness (QED) is 0.749. The Kier molecular flexibility index (Phi) is 5.50. The zero-order valence-corrected chi connectivity index (χ0v) is 10.5. The lowest BCUT2D eigenvalue weighted by Crippen LogP contribution is -2.05. The molecule has 2 nitrogen and oxygen atoms in total. The Morgan fingerprint density at radius 1 is 1.25 bits per heavy atom. The Labute approximate surface area is 98.3 Å². The summed E-state index contributed by atoms with van der Waals surface area (Å²) in [4.78, 5) is 0. The van der Waals surface area contributed by atoms with Crippen LogP contribution in [0.2, 0.25) is 0 Å². The average Bonchev–Trinajstić information content (AvgIpc) is 2.24. The van der Waals surface area contributed by atoms with Gasteiger partial charge in [0.25, 0.3) is 0 Å². The molecule has 1 N–H and O–H groups in total. The molecule has 0 fully saturated rings. The molecule has 0 heterocycles. The molecule has 1 atom stereocenters. The largest absolute Gasteiger partial charge is 0.388 e. The third-order valence-corrected chi connectivity index (χ3v) is 2.67. The fourth-order valence-corrected chi connectivity index (χ4v) is 1.80. The highest BCUT2D eigenvalue weighted by Crippen LogP contribution is 2.21. The van der Waals surface area contributed by atoms with Gasteiger partial charge in [-0.2, -0.15) is 0 Å². The van der Waals surface area contributed by atoms with Crippen LogP contribution in [-0.2, 0) is 4.74 Å². The molecule has 0 aliphatic heterocycles. The van der Waals surface area contributed by atoms with Crippen molar-refractivity contribution >= 4 is 0 Å². The predicted molar refractivity (Wildman–Crippen MR) is 66.6 cm³/mol. The van der Waals surface area contributed by atoms with Crippen LogP contribution in [0.5, 0.6) is 0 Å². The third-order valence-electron chi connectivity index (χ3n) is 2.67. The molecule has 0 saturated heterocycles. The van der Waals surface area contributed by atoms with E-state index in [4.69, 9.17) is 4.74 Å². The van der Waals surface area contributed by atoms with Gasteiger partial charge in [0.15, 0.2) is 0 Å². The van der Waals surface area contributed by atoms with Crippen molar-refractivity contribution in [3.8, 4) is 0 Å². The summed E-state index contributed by atoms with van der Waals surface area (Å²) in [6.07, 6.45) is 1.29. The van der Waals surface area contributed by atoms with E-state index in [9.17, 15) is 5.11 Å². The minimum Gasteiger partial charge on any atom is -0.388 e. The molecule has 1 rings (SSSR count). The second-order valence-electron chi connectivity index (χ2n) is 4.28. The van der Waals surface area contributed by atoms with Gasteiger partial charge in [-0.1, -0.05) is 30.7 Å². The van der Waals surface area contributed by atoms with Crippen molar-refractivity contribution in [1.82, 2.24) is 0 Å².